The molecule has 0 fully saturated rings. The Labute approximate surface area is 159 Å². The van der Waals surface area contributed by atoms with Crippen molar-refractivity contribution in [2.75, 3.05) is 18.5 Å². The molecular weight excluding hydrogens is 338 g/mol. The minimum absolute atomic E-state index is 0.0320. The van der Waals surface area contributed by atoms with Crippen LogP contribution in [0.2, 0.25) is 0 Å². The average molecular weight is 361 g/mol. The summed E-state index contributed by atoms with van der Waals surface area (Å²) in [6.45, 7) is 0.825. The smallest absolute Gasteiger partial charge is 0.224 e. The number of carbonyl (C=O) groups excluding carboxylic acids is 1. The number of anilines is 1. The fourth-order valence-corrected chi connectivity index (χ4v) is 2.64. The van der Waals surface area contributed by atoms with Gasteiger partial charge in [-0.25, -0.2) is 0 Å². The Morgan fingerprint density at radius 1 is 0.741 bits per heavy atom. The first-order valence-electron chi connectivity index (χ1n) is 9.05. The van der Waals surface area contributed by atoms with E-state index in [-0.39, 0.29) is 5.91 Å². The summed E-state index contributed by atoms with van der Waals surface area (Å²) >= 11 is 0. The first-order chi connectivity index (χ1) is 13.3. The second-order valence-corrected chi connectivity index (χ2v) is 6.04. The zero-order valence-corrected chi connectivity index (χ0v) is 15.1. The molecule has 0 radical (unpaired) electrons. The van der Waals surface area contributed by atoms with Crippen molar-refractivity contribution in [3.05, 3.63) is 90.5 Å². The van der Waals surface area contributed by atoms with Crippen molar-refractivity contribution >= 4 is 11.6 Å². The van der Waals surface area contributed by atoms with Gasteiger partial charge in [0.05, 0.1) is 5.69 Å². The number of hydrogen-bond donors (Lipinski definition) is 1. The third kappa shape index (κ3) is 6.19. The Bertz CT molecular complexity index is 835. The summed E-state index contributed by atoms with van der Waals surface area (Å²) in [6.07, 6.45) is 1.13. The zero-order valence-electron chi connectivity index (χ0n) is 15.1. The molecule has 0 aliphatic carbocycles. The predicted octanol–water partition coefficient (Wildman–Crippen LogP) is 4.72. The van der Waals surface area contributed by atoms with Crippen LogP contribution >= 0.6 is 0 Å². The van der Waals surface area contributed by atoms with Crippen LogP contribution in [0.3, 0.4) is 0 Å². The molecule has 0 saturated carbocycles. The maximum atomic E-state index is 12.3. The molecule has 4 heteroatoms. The van der Waals surface area contributed by atoms with Gasteiger partial charge >= 0.3 is 0 Å². The molecule has 0 heterocycles. The van der Waals surface area contributed by atoms with Crippen LogP contribution in [0.4, 0.5) is 5.69 Å². The molecule has 0 aliphatic rings. The lowest BCUT2D eigenvalue weighted by Gasteiger charge is -2.13. The van der Waals surface area contributed by atoms with Gasteiger partial charge in [-0.15, -0.1) is 0 Å². The van der Waals surface area contributed by atoms with E-state index < -0.39 is 0 Å². The summed E-state index contributed by atoms with van der Waals surface area (Å²) in [7, 11) is 0. The number of para-hydroxylation sites is 3. The van der Waals surface area contributed by atoms with Crippen molar-refractivity contribution in [2.45, 2.75) is 12.8 Å². The summed E-state index contributed by atoms with van der Waals surface area (Å²) in [5.74, 6) is 1.42. The van der Waals surface area contributed by atoms with Crippen LogP contribution in [0.5, 0.6) is 11.5 Å². The Hall–Kier alpha value is -3.27. The largest absolute Gasteiger partial charge is 0.490 e. The highest BCUT2D eigenvalue weighted by Gasteiger charge is 2.08. The number of hydrogen-bond acceptors (Lipinski definition) is 3. The minimum Gasteiger partial charge on any atom is -0.490 e. The topological polar surface area (TPSA) is 47.6 Å². The van der Waals surface area contributed by atoms with Crippen LogP contribution in [-0.4, -0.2) is 19.1 Å². The van der Waals surface area contributed by atoms with E-state index in [2.05, 4.69) is 5.32 Å². The number of ether oxygens (including phenoxy) is 2. The van der Waals surface area contributed by atoms with E-state index in [0.29, 0.717) is 37.5 Å². The van der Waals surface area contributed by atoms with Gasteiger partial charge in [-0.1, -0.05) is 60.7 Å². The first-order valence-corrected chi connectivity index (χ1v) is 9.05. The molecule has 1 N–H and O–H groups in total. The molecule has 138 valence electrons. The quantitative estimate of drug-likeness (QED) is 0.561. The van der Waals surface area contributed by atoms with Gasteiger partial charge in [-0.3, -0.25) is 4.79 Å². The molecule has 27 heavy (non-hydrogen) atoms. The highest BCUT2D eigenvalue weighted by Crippen LogP contribution is 2.24. The van der Waals surface area contributed by atoms with Crippen LogP contribution in [0.1, 0.15) is 12.0 Å². The van der Waals surface area contributed by atoms with Gasteiger partial charge in [0, 0.05) is 6.42 Å². The Balaban J connectivity index is 1.47. The van der Waals surface area contributed by atoms with E-state index in [1.54, 1.807) is 0 Å². The molecule has 3 aromatic rings. The highest BCUT2D eigenvalue weighted by atomic mass is 16.5. The van der Waals surface area contributed by atoms with Gasteiger partial charge in [-0.2, -0.15) is 0 Å². The second kappa shape index (κ2) is 10.0. The van der Waals surface area contributed by atoms with Crippen LogP contribution in [0.15, 0.2) is 84.9 Å². The van der Waals surface area contributed by atoms with Gasteiger partial charge in [0.25, 0.3) is 0 Å². The zero-order chi connectivity index (χ0) is 18.7. The number of amides is 1. The summed E-state index contributed by atoms with van der Waals surface area (Å²) in [4.78, 5) is 12.3. The predicted molar refractivity (Wildman–Crippen MR) is 107 cm³/mol. The number of carbonyl (C=O) groups is 1. The molecule has 0 aromatic heterocycles. The van der Waals surface area contributed by atoms with Crippen LogP contribution in [0, 0.1) is 0 Å². The SMILES string of the molecule is O=C(CCc1ccccc1)Nc1ccccc1OCCOc1ccccc1. The molecule has 0 spiro atoms. The van der Waals surface area contributed by atoms with E-state index in [1.165, 1.54) is 0 Å². The molecule has 0 aliphatic heterocycles. The number of aryl methyl sites for hydroxylation is 1. The third-order valence-corrected chi connectivity index (χ3v) is 4.00. The van der Waals surface area contributed by atoms with Crippen molar-refractivity contribution in [2.24, 2.45) is 0 Å². The lowest BCUT2D eigenvalue weighted by atomic mass is 10.1. The van der Waals surface area contributed by atoms with E-state index in [0.717, 1.165) is 11.3 Å². The van der Waals surface area contributed by atoms with Crippen molar-refractivity contribution in [1.29, 1.82) is 0 Å². The molecule has 0 bridgehead atoms. The van der Waals surface area contributed by atoms with Crippen molar-refractivity contribution in [3.63, 3.8) is 0 Å². The van der Waals surface area contributed by atoms with E-state index in [4.69, 9.17) is 9.47 Å². The van der Waals surface area contributed by atoms with Crippen molar-refractivity contribution in [3.8, 4) is 11.5 Å². The van der Waals surface area contributed by atoms with E-state index in [9.17, 15) is 4.79 Å². The molecule has 3 rings (SSSR count). The summed E-state index contributed by atoms with van der Waals surface area (Å²) in [5, 5.41) is 2.93. The average Bonchev–Trinajstić information content (AvgIpc) is 2.72. The maximum absolute atomic E-state index is 12.3. The maximum Gasteiger partial charge on any atom is 0.224 e. The van der Waals surface area contributed by atoms with Crippen LogP contribution < -0.4 is 14.8 Å². The fourth-order valence-electron chi connectivity index (χ4n) is 2.64. The van der Waals surface area contributed by atoms with Gasteiger partial charge in [0.15, 0.2) is 0 Å². The van der Waals surface area contributed by atoms with Crippen molar-refractivity contribution < 1.29 is 14.3 Å². The van der Waals surface area contributed by atoms with Gasteiger partial charge in [0.2, 0.25) is 5.91 Å². The first kappa shape index (κ1) is 18.5. The standard InChI is InChI=1S/C23H23NO3/c25-23(16-15-19-9-3-1-4-10-19)24-21-13-7-8-14-22(21)27-18-17-26-20-11-5-2-6-12-20/h1-14H,15-18H2,(H,24,25). The number of nitrogens with one attached hydrogen (secondary N) is 1. The molecular formula is C23H23NO3. The summed E-state index contributed by atoms with van der Waals surface area (Å²) < 4.78 is 11.4. The number of benzene rings is 3. The van der Waals surface area contributed by atoms with E-state index >= 15 is 0 Å². The minimum atomic E-state index is -0.0320. The highest BCUT2D eigenvalue weighted by molar-refractivity contribution is 5.92. The molecule has 0 unspecified atom stereocenters. The Morgan fingerprint density at radius 2 is 1.37 bits per heavy atom. The van der Waals surface area contributed by atoms with Gasteiger partial charge in [-0.05, 0) is 36.2 Å². The van der Waals surface area contributed by atoms with Crippen molar-refractivity contribution in [1.82, 2.24) is 0 Å². The van der Waals surface area contributed by atoms with Gasteiger partial charge in [0.1, 0.15) is 24.7 Å². The molecule has 4 nitrogen and oxygen atoms in total. The van der Waals surface area contributed by atoms with Crippen LogP contribution in [-0.2, 0) is 11.2 Å². The Kier molecular flexibility index (Phi) is 6.87. The molecule has 0 saturated heterocycles. The summed E-state index contributed by atoms with van der Waals surface area (Å²) in [5.41, 5.74) is 1.82. The number of rotatable bonds is 9. The van der Waals surface area contributed by atoms with E-state index in [1.807, 2.05) is 84.9 Å². The normalized spacial score (nSPS) is 10.2. The lowest BCUT2D eigenvalue weighted by molar-refractivity contribution is -0.116. The Morgan fingerprint density at radius 3 is 2.15 bits per heavy atom. The summed E-state index contributed by atoms with van der Waals surface area (Å²) in [6, 6.07) is 27.0. The van der Waals surface area contributed by atoms with Gasteiger partial charge < -0.3 is 14.8 Å². The fraction of sp³-hybridized carbons (Fsp3) is 0.174. The lowest BCUT2D eigenvalue weighted by Crippen LogP contribution is -2.14. The third-order valence-electron chi connectivity index (χ3n) is 4.00. The molecule has 1 amide bonds. The monoisotopic (exact) mass is 361 g/mol. The molecule has 3 aromatic carbocycles. The second-order valence-electron chi connectivity index (χ2n) is 6.04. The molecule has 0 atom stereocenters. The van der Waals surface area contributed by atoms with Crippen LogP contribution in [0.25, 0.3) is 0 Å².